The van der Waals surface area contributed by atoms with Crippen LogP contribution < -0.4 is 20.1 Å². The van der Waals surface area contributed by atoms with Gasteiger partial charge in [0.15, 0.2) is 11.5 Å². The van der Waals surface area contributed by atoms with Gasteiger partial charge in [-0.1, -0.05) is 0 Å². The Bertz CT molecular complexity index is 488. The molecule has 1 aromatic carbocycles. The Morgan fingerprint density at radius 3 is 2.57 bits per heavy atom. The van der Waals surface area contributed by atoms with Crippen molar-refractivity contribution in [2.75, 3.05) is 32.6 Å². The number of carbonyl (C=O) groups excluding carboxylic acids is 1. The second-order valence-electron chi connectivity index (χ2n) is 5.36. The van der Waals surface area contributed by atoms with Gasteiger partial charge in [0.05, 0.1) is 19.6 Å². The molecule has 5 nitrogen and oxygen atoms in total. The molecule has 0 spiro atoms. The Hall–Kier alpha value is -1.46. The number of piperidine rings is 1. The zero-order valence-corrected chi connectivity index (χ0v) is 13.5. The smallest absolute Gasteiger partial charge is 0.231 e. The van der Waals surface area contributed by atoms with E-state index in [4.69, 9.17) is 9.47 Å². The fourth-order valence-corrected chi connectivity index (χ4v) is 2.45. The summed E-state index contributed by atoms with van der Waals surface area (Å²) >= 11 is 0. The van der Waals surface area contributed by atoms with Gasteiger partial charge >= 0.3 is 0 Å². The maximum Gasteiger partial charge on any atom is 0.231 e. The van der Waals surface area contributed by atoms with Crippen LogP contribution in [0.2, 0.25) is 0 Å². The normalized spacial score (nSPS) is 21.1. The van der Waals surface area contributed by atoms with Crippen LogP contribution in [0.1, 0.15) is 19.8 Å². The van der Waals surface area contributed by atoms with E-state index in [0.29, 0.717) is 18.0 Å². The molecule has 1 amide bonds. The lowest BCUT2D eigenvalue weighted by Gasteiger charge is -2.32. The van der Waals surface area contributed by atoms with Crippen molar-refractivity contribution in [3.05, 3.63) is 18.2 Å². The van der Waals surface area contributed by atoms with Crippen LogP contribution in [-0.4, -0.2) is 33.2 Å². The minimum Gasteiger partial charge on any atom is -0.493 e. The maximum atomic E-state index is 12.4. The van der Waals surface area contributed by atoms with E-state index in [1.807, 2.05) is 13.0 Å². The van der Waals surface area contributed by atoms with Crippen LogP contribution in [-0.2, 0) is 4.79 Å². The van der Waals surface area contributed by atoms with E-state index in [1.54, 1.807) is 26.4 Å². The molecule has 1 fully saturated rings. The Morgan fingerprint density at radius 1 is 1.29 bits per heavy atom. The molecule has 1 heterocycles. The summed E-state index contributed by atoms with van der Waals surface area (Å²) in [6.45, 7) is 3.70. The third kappa shape index (κ3) is 4.02. The van der Waals surface area contributed by atoms with E-state index in [2.05, 4.69) is 10.6 Å². The Kier molecular flexibility index (Phi) is 6.30. The maximum absolute atomic E-state index is 12.4. The lowest BCUT2D eigenvalue weighted by molar-refractivity contribution is -0.125. The molecule has 1 unspecified atom stereocenters. The van der Waals surface area contributed by atoms with E-state index in [9.17, 15) is 4.79 Å². The summed E-state index contributed by atoms with van der Waals surface area (Å²) in [6.07, 6.45) is 1.93. The molecule has 1 saturated heterocycles. The van der Waals surface area contributed by atoms with Crippen molar-refractivity contribution in [2.24, 2.45) is 5.41 Å². The van der Waals surface area contributed by atoms with Crippen molar-refractivity contribution in [1.82, 2.24) is 5.32 Å². The minimum atomic E-state index is -0.356. The molecule has 2 rings (SSSR count). The highest BCUT2D eigenvalue weighted by atomic mass is 35.5. The third-order valence-electron chi connectivity index (χ3n) is 3.79. The van der Waals surface area contributed by atoms with Crippen molar-refractivity contribution in [3.63, 3.8) is 0 Å². The molecule has 21 heavy (non-hydrogen) atoms. The van der Waals surface area contributed by atoms with Crippen molar-refractivity contribution in [2.45, 2.75) is 19.8 Å². The largest absolute Gasteiger partial charge is 0.493 e. The number of rotatable bonds is 4. The minimum absolute atomic E-state index is 0. The van der Waals surface area contributed by atoms with Crippen LogP contribution in [0.3, 0.4) is 0 Å². The molecular weight excluding hydrogens is 292 g/mol. The van der Waals surface area contributed by atoms with Gasteiger partial charge in [-0.15, -0.1) is 12.4 Å². The summed E-state index contributed by atoms with van der Waals surface area (Å²) < 4.78 is 10.4. The molecular formula is C15H23ClN2O3. The Labute approximate surface area is 131 Å². The number of nitrogens with one attached hydrogen (secondary N) is 2. The molecule has 2 N–H and O–H groups in total. The first kappa shape index (κ1) is 17.6. The molecule has 0 saturated carbocycles. The van der Waals surface area contributed by atoms with Gasteiger partial charge in [0.2, 0.25) is 5.91 Å². The zero-order valence-electron chi connectivity index (χ0n) is 12.7. The summed E-state index contributed by atoms with van der Waals surface area (Å²) in [7, 11) is 3.17. The molecule has 1 aliphatic heterocycles. The molecule has 0 aliphatic carbocycles. The van der Waals surface area contributed by atoms with Crippen molar-refractivity contribution >= 4 is 24.0 Å². The molecule has 118 valence electrons. The molecule has 6 heteroatoms. The second-order valence-corrected chi connectivity index (χ2v) is 5.36. The average Bonchev–Trinajstić information content (AvgIpc) is 2.47. The zero-order chi connectivity index (χ0) is 14.6. The molecule has 1 aromatic rings. The van der Waals surface area contributed by atoms with Crippen molar-refractivity contribution < 1.29 is 14.3 Å². The first-order valence-electron chi connectivity index (χ1n) is 6.83. The van der Waals surface area contributed by atoms with E-state index in [-0.39, 0.29) is 23.7 Å². The SMILES string of the molecule is COc1ccc(NC(=O)C2(C)CCCNC2)cc1OC.Cl. The van der Waals surface area contributed by atoms with Crippen LogP contribution in [0.5, 0.6) is 11.5 Å². The number of amides is 1. The Morgan fingerprint density at radius 2 is 2.00 bits per heavy atom. The molecule has 1 aliphatic rings. The van der Waals surface area contributed by atoms with Crippen LogP contribution >= 0.6 is 12.4 Å². The predicted octanol–water partition coefficient (Wildman–Crippen LogP) is 2.45. The highest BCUT2D eigenvalue weighted by molar-refractivity contribution is 5.95. The quantitative estimate of drug-likeness (QED) is 0.896. The fraction of sp³-hybridized carbons (Fsp3) is 0.533. The molecule has 0 radical (unpaired) electrons. The van der Waals surface area contributed by atoms with Crippen molar-refractivity contribution in [3.8, 4) is 11.5 Å². The van der Waals surface area contributed by atoms with Gasteiger partial charge in [0, 0.05) is 18.3 Å². The van der Waals surface area contributed by atoms with Gasteiger partial charge in [0.1, 0.15) is 0 Å². The third-order valence-corrected chi connectivity index (χ3v) is 3.79. The van der Waals surface area contributed by atoms with Crippen LogP contribution in [0.25, 0.3) is 0 Å². The van der Waals surface area contributed by atoms with Crippen molar-refractivity contribution in [1.29, 1.82) is 0 Å². The number of hydrogen-bond acceptors (Lipinski definition) is 4. The van der Waals surface area contributed by atoms with Crippen LogP contribution in [0.15, 0.2) is 18.2 Å². The molecule has 1 atom stereocenters. The average molecular weight is 315 g/mol. The fourth-order valence-electron chi connectivity index (χ4n) is 2.45. The Balaban J connectivity index is 0.00000220. The highest BCUT2D eigenvalue weighted by Gasteiger charge is 2.34. The van der Waals surface area contributed by atoms with Gasteiger partial charge in [-0.2, -0.15) is 0 Å². The lowest BCUT2D eigenvalue weighted by Crippen LogP contribution is -2.46. The first-order chi connectivity index (χ1) is 9.59. The van der Waals surface area contributed by atoms with Crippen LogP contribution in [0, 0.1) is 5.41 Å². The van der Waals surface area contributed by atoms with Crippen LogP contribution in [0.4, 0.5) is 5.69 Å². The highest BCUT2D eigenvalue weighted by Crippen LogP contribution is 2.32. The van der Waals surface area contributed by atoms with Gasteiger partial charge < -0.3 is 20.1 Å². The lowest BCUT2D eigenvalue weighted by atomic mass is 9.82. The number of ether oxygens (including phenoxy) is 2. The summed E-state index contributed by atoms with van der Waals surface area (Å²) in [5.74, 6) is 1.30. The number of halogens is 1. The molecule has 0 aromatic heterocycles. The summed E-state index contributed by atoms with van der Waals surface area (Å²) in [5.41, 5.74) is 0.366. The number of hydrogen-bond donors (Lipinski definition) is 2. The topological polar surface area (TPSA) is 59.6 Å². The standard InChI is InChI=1S/C15H22N2O3.ClH/c1-15(7-4-8-16-10-15)14(18)17-11-5-6-12(19-2)13(9-11)20-3;/h5-6,9,16H,4,7-8,10H2,1-3H3,(H,17,18);1H. The van der Waals surface area contributed by atoms with Gasteiger partial charge in [-0.05, 0) is 38.4 Å². The second kappa shape index (κ2) is 7.52. The van der Waals surface area contributed by atoms with E-state index in [1.165, 1.54) is 0 Å². The number of methoxy groups -OCH3 is 2. The van der Waals surface area contributed by atoms with Gasteiger partial charge in [-0.25, -0.2) is 0 Å². The predicted molar refractivity (Wildman–Crippen MR) is 85.6 cm³/mol. The number of carbonyl (C=O) groups is 1. The summed E-state index contributed by atoms with van der Waals surface area (Å²) in [4.78, 5) is 12.4. The first-order valence-corrected chi connectivity index (χ1v) is 6.83. The van der Waals surface area contributed by atoms with Gasteiger partial charge in [0.25, 0.3) is 0 Å². The summed E-state index contributed by atoms with van der Waals surface area (Å²) in [5, 5.41) is 6.24. The van der Waals surface area contributed by atoms with E-state index in [0.717, 1.165) is 25.1 Å². The summed E-state index contributed by atoms with van der Waals surface area (Å²) in [6, 6.07) is 5.38. The van der Waals surface area contributed by atoms with E-state index >= 15 is 0 Å². The number of anilines is 1. The molecule has 0 bridgehead atoms. The monoisotopic (exact) mass is 314 g/mol. The number of benzene rings is 1. The van der Waals surface area contributed by atoms with Gasteiger partial charge in [-0.3, -0.25) is 4.79 Å². The van der Waals surface area contributed by atoms with E-state index < -0.39 is 0 Å².